The van der Waals surface area contributed by atoms with Crippen LogP contribution in [-0.2, 0) is 0 Å². The molecule has 4 atom stereocenters. The number of hydrogen-bond acceptors (Lipinski definition) is 1. The van der Waals surface area contributed by atoms with Crippen LogP contribution in [0.4, 0.5) is 0 Å². The molecule has 2 fully saturated rings. The molecule has 0 aromatic carbocycles. The standard InChI is InChI=1S/C11H21N/c1-3-12-11-7-10(11)5-4-9-6-8(9)2/h8-12H,3-7H2,1-2H3. The van der Waals surface area contributed by atoms with Gasteiger partial charge in [0.1, 0.15) is 0 Å². The molecule has 0 aromatic rings. The van der Waals surface area contributed by atoms with E-state index >= 15 is 0 Å². The Labute approximate surface area is 75.9 Å². The predicted octanol–water partition coefficient (Wildman–Crippen LogP) is 2.42. The Morgan fingerprint density at radius 3 is 2.42 bits per heavy atom. The monoisotopic (exact) mass is 167 g/mol. The van der Waals surface area contributed by atoms with E-state index in [9.17, 15) is 0 Å². The summed E-state index contributed by atoms with van der Waals surface area (Å²) in [4.78, 5) is 0. The van der Waals surface area contributed by atoms with E-state index in [0.29, 0.717) is 0 Å². The van der Waals surface area contributed by atoms with Crippen molar-refractivity contribution in [3.05, 3.63) is 0 Å². The Morgan fingerprint density at radius 1 is 1.17 bits per heavy atom. The number of rotatable bonds is 5. The fraction of sp³-hybridized carbons (Fsp3) is 1.00. The molecule has 2 saturated carbocycles. The molecule has 1 heteroatoms. The second-order valence-electron chi connectivity index (χ2n) is 4.71. The maximum absolute atomic E-state index is 3.52. The van der Waals surface area contributed by atoms with Gasteiger partial charge in [-0.2, -0.15) is 0 Å². The first-order valence-corrected chi connectivity index (χ1v) is 5.54. The molecule has 0 radical (unpaired) electrons. The summed E-state index contributed by atoms with van der Waals surface area (Å²) in [6, 6.07) is 0.893. The van der Waals surface area contributed by atoms with Gasteiger partial charge in [0.05, 0.1) is 0 Å². The molecule has 1 nitrogen and oxygen atoms in total. The topological polar surface area (TPSA) is 12.0 Å². The van der Waals surface area contributed by atoms with Crippen LogP contribution in [0.5, 0.6) is 0 Å². The first-order chi connectivity index (χ1) is 5.81. The fourth-order valence-electron chi connectivity index (χ4n) is 2.31. The summed E-state index contributed by atoms with van der Waals surface area (Å²) in [6.45, 7) is 5.75. The minimum absolute atomic E-state index is 0.893. The van der Waals surface area contributed by atoms with Crippen LogP contribution in [0, 0.1) is 17.8 Å². The van der Waals surface area contributed by atoms with E-state index in [2.05, 4.69) is 19.2 Å². The van der Waals surface area contributed by atoms with Gasteiger partial charge in [-0.1, -0.05) is 13.8 Å². The van der Waals surface area contributed by atoms with Crippen LogP contribution in [-0.4, -0.2) is 12.6 Å². The van der Waals surface area contributed by atoms with Gasteiger partial charge in [0, 0.05) is 6.04 Å². The average molecular weight is 167 g/mol. The van der Waals surface area contributed by atoms with Crippen LogP contribution in [0.1, 0.15) is 39.5 Å². The molecule has 70 valence electrons. The first kappa shape index (κ1) is 8.55. The molecule has 2 aliphatic carbocycles. The largest absolute Gasteiger partial charge is 0.314 e. The predicted molar refractivity (Wildman–Crippen MR) is 52.1 cm³/mol. The average Bonchev–Trinajstić information content (AvgIpc) is 2.88. The van der Waals surface area contributed by atoms with Crippen molar-refractivity contribution >= 4 is 0 Å². The molecule has 2 rings (SSSR count). The van der Waals surface area contributed by atoms with Gasteiger partial charge < -0.3 is 5.32 Å². The minimum atomic E-state index is 0.893. The van der Waals surface area contributed by atoms with Gasteiger partial charge >= 0.3 is 0 Å². The summed E-state index contributed by atoms with van der Waals surface area (Å²) in [5.74, 6) is 3.20. The van der Waals surface area contributed by atoms with Crippen molar-refractivity contribution in [2.75, 3.05) is 6.54 Å². The van der Waals surface area contributed by atoms with E-state index < -0.39 is 0 Å². The third-order valence-corrected chi connectivity index (χ3v) is 3.57. The van der Waals surface area contributed by atoms with E-state index in [-0.39, 0.29) is 0 Å². The van der Waals surface area contributed by atoms with Gasteiger partial charge in [-0.15, -0.1) is 0 Å². The van der Waals surface area contributed by atoms with Gasteiger partial charge in [0.2, 0.25) is 0 Å². The van der Waals surface area contributed by atoms with E-state index in [1.54, 1.807) is 0 Å². The highest BCUT2D eigenvalue weighted by atomic mass is 15.0. The maximum Gasteiger partial charge on any atom is 0.00990 e. The second-order valence-corrected chi connectivity index (χ2v) is 4.71. The third-order valence-electron chi connectivity index (χ3n) is 3.57. The SMILES string of the molecule is CCNC1CC1CCC1CC1C. The first-order valence-electron chi connectivity index (χ1n) is 5.54. The zero-order valence-corrected chi connectivity index (χ0v) is 8.34. The van der Waals surface area contributed by atoms with Crippen molar-refractivity contribution in [3.8, 4) is 0 Å². The highest BCUT2D eigenvalue weighted by Crippen LogP contribution is 2.45. The van der Waals surface area contributed by atoms with Crippen molar-refractivity contribution in [3.63, 3.8) is 0 Å². The van der Waals surface area contributed by atoms with Crippen molar-refractivity contribution in [1.29, 1.82) is 0 Å². The Balaban J connectivity index is 1.52. The zero-order chi connectivity index (χ0) is 8.55. The highest BCUT2D eigenvalue weighted by molar-refractivity contribution is 4.94. The fourth-order valence-corrected chi connectivity index (χ4v) is 2.31. The van der Waals surface area contributed by atoms with Crippen molar-refractivity contribution < 1.29 is 0 Å². The Hall–Kier alpha value is -0.0400. The minimum Gasteiger partial charge on any atom is -0.314 e. The van der Waals surface area contributed by atoms with Crippen LogP contribution in [0.15, 0.2) is 0 Å². The summed E-state index contributed by atoms with van der Waals surface area (Å²) in [6.07, 6.45) is 5.97. The van der Waals surface area contributed by atoms with Gasteiger partial charge in [0.25, 0.3) is 0 Å². The normalized spacial score (nSPS) is 44.5. The molecule has 0 bridgehead atoms. The molecule has 0 spiro atoms. The van der Waals surface area contributed by atoms with Crippen molar-refractivity contribution in [2.45, 2.75) is 45.6 Å². The summed E-state index contributed by atoms with van der Waals surface area (Å²) >= 11 is 0. The summed E-state index contributed by atoms with van der Waals surface area (Å²) < 4.78 is 0. The quantitative estimate of drug-likeness (QED) is 0.663. The zero-order valence-electron chi connectivity index (χ0n) is 8.34. The molecule has 0 aromatic heterocycles. The lowest BCUT2D eigenvalue weighted by Crippen LogP contribution is -2.16. The smallest absolute Gasteiger partial charge is 0.00990 e. The molecule has 0 amide bonds. The van der Waals surface area contributed by atoms with Gasteiger partial charge in [-0.25, -0.2) is 0 Å². The lowest BCUT2D eigenvalue weighted by atomic mass is 10.1. The van der Waals surface area contributed by atoms with Crippen LogP contribution in [0.3, 0.4) is 0 Å². The lowest BCUT2D eigenvalue weighted by Gasteiger charge is -1.99. The van der Waals surface area contributed by atoms with E-state index in [1.807, 2.05) is 0 Å². The third kappa shape index (κ3) is 2.01. The van der Waals surface area contributed by atoms with Crippen LogP contribution in [0.2, 0.25) is 0 Å². The molecule has 4 unspecified atom stereocenters. The Kier molecular flexibility index (Phi) is 2.40. The van der Waals surface area contributed by atoms with Gasteiger partial charge in [-0.05, 0) is 50.0 Å². The second kappa shape index (κ2) is 3.37. The molecular weight excluding hydrogens is 146 g/mol. The van der Waals surface area contributed by atoms with Crippen LogP contribution < -0.4 is 5.32 Å². The summed E-state index contributed by atoms with van der Waals surface area (Å²) in [7, 11) is 0. The van der Waals surface area contributed by atoms with E-state index in [1.165, 1.54) is 25.7 Å². The molecule has 0 heterocycles. The highest BCUT2D eigenvalue weighted by Gasteiger charge is 2.39. The Morgan fingerprint density at radius 2 is 1.83 bits per heavy atom. The molecule has 2 aliphatic rings. The molecule has 12 heavy (non-hydrogen) atoms. The summed E-state index contributed by atoms with van der Waals surface area (Å²) in [5.41, 5.74) is 0. The van der Waals surface area contributed by atoms with E-state index in [0.717, 1.165) is 30.3 Å². The van der Waals surface area contributed by atoms with Gasteiger partial charge in [0.15, 0.2) is 0 Å². The summed E-state index contributed by atoms with van der Waals surface area (Å²) in [5, 5.41) is 3.52. The van der Waals surface area contributed by atoms with Crippen molar-refractivity contribution in [2.24, 2.45) is 17.8 Å². The Bertz CT molecular complexity index is 155. The van der Waals surface area contributed by atoms with Crippen LogP contribution >= 0.6 is 0 Å². The molecular formula is C11H21N. The maximum atomic E-state index is 3.52. The molecule has 0 saturated heterocycles. The van der Waals surface area contributed by atoms with Crippen molar-refractivity contribution in [1.82, 2.24) is 5.32 Å². The molecule has 0 aliphatic heterocycles. The number of hydrogen-bond donors (Lipinski definition) is 1. The lowest BCUT2D eigenvalue weighted by molar-refractivity contribution is 0.555. The van der Waals surface area contributed by atoms with E-state index in [4.69, 9.17) is 0 Å². The van der Waals surface area contributed by atoms with Crippen LogP contribution in [0.25, 0.3) is 0 Å². The molecule has 1 N–H and O–H groups in total. The van der Waals surface area contributed by atoms with Gasteiger partial charge in [-0.3, -0.25) is 0 Å². The number of nitrogens with one attached hydrogen (secondary N) is 1.